The highest BCUT2D eigenvalue weighted by molar-refractivity contribution is 9.10. The van der Waals surface area contributed by atoms with Crippen LogP contribution in [0, 0.1) is 0 Å². The van der Waals surface area contributed by atoms with Gasteiger partial charge in [0.15, 0.2) is 0 Å². The number of pyridine rings is 1. The van der Waals surface area contributed by atoms with E-state index in [-0.39, 0.29) is 12.5 Å². The van der Waals surface area contributed by atoms with Crippen molar-refractivity contribution in [3.05, 3.63) is 64.4 Å². The monoisotopic (exact) mass is 291 g/mol. The first kappa shape index (κ1) is 12.3. The molecular formula is C14H14BrNO. The fourth-order valence-electron chi connectivity index (χ4n) is 1.79. The highest BCUT2D eigenvalue weighted by Gasteiger charge is 2.11. The molecule has 2 rings (SSSR count). The van der Waals surface area contributed by atoms with E-state index in [1.165, 1.54) is 0 Å². The van der Waals surface area contributed by atoms with Crippen molar-refractivity contribution in [2.75, 3.05) is 6.61 Å². The van der Waals surface area contributed by atoms with Gasteiger partial charge >= 0.3 is 0 Å². The number of aliphatic hydroxyl groups is 1. The van der Waals surface area contributed by atoms with E-state index in [2.05, 4.69) is 20.9 Å². The second-order valence-corrected chi connectivity index (χ2v) is 4.87. The smallest absolute Gasteiger partial charge is 0.0503 e. The second kappa shape index (κ2) is 5.94. The molecule has 0 fully saturated rings. The summed E-state index contributed by atoms with van der Waals surface area (Å²) in [4.78, 5) is 4.29. The third kappa shape index (κ3) is 3.38. The number of rotatable bonds is 4. The zero-order valence-corrected chi connectivity index (χ0v) is 11.0. The largest absolute Gasteiger partial charge is 0.396 e. The molecule has 1 atom stereocenters. The van der Waals surface area contributed by atoms with Crippen molar-refractivity contribution >= 4 is 15.9 Å². The number of nitrogens with zero attached hydrogens (tertiary/aromatic N) is 1. The van der Waals surface area contributed by atoms with E-state index in [1.54, 1.807) is 6.20 Å². The van der Waals surface area contributed by atoms with Gasteiger partial charge in [-0.3, -0.25) is 4.98 Å². The van der Waals surface area contributed by atoms with Gasteiger partial charge in [-0.15, -0.1) is 0 Å². The van der Waals surface area contributed by atoms with Crippen LogP contribution < -0.4 is 0 Å². The Balaban J connectivity index is 2.14. The van der Waals surface area contributed by atoms with Crippen LogP contribution in [0.15, 0.2) is 53.1 Å². The average Bonchev–Trinajstić information content (AvgIpc) is 2.38. The van der Waals surface area contributed by atoms with E-state index < -0.39 is 0 Å². The van der Waals surface area contributed by atoms with Crippen molar-refractivity contribution in [3.63, 3.8) is 0 Å². The van der Waals surface area contributed by atoms with E-state index in [4.69, 9.17) is 0 Å². The van der Waals surface area contributed by atoms with Gasteiger partial charge in [0.25, 0.3) is 0 Å². The summed E-state index contributed by atoms with van der Waals surface area (Å²) in [6.07, 6.45) is 2.55. The number of hydrogen-bond donors (Lipinski definition) is 1. The maximum Gasteiger partial charge on any atom is 0.0503 e. The molecule has 0 aliphatic rings. The third-order valence-electron chi connectivity index (χ3n) is 2.74. The van der Waals surface area contributed by atoms with Crippen molar-refractivity contribution in [3.8, 4) is 0 Å². The van der Waals surface area contributed by atoms with Crippen molar-refractivity contribution in [1.82, 2.24) is 4.98 Å². The molecule has 0 amide bonds. The average molecular weight is 292 g/mol. The summed E-state index contributed by atoms with van der Waals surface area (Å²) in [5.74, 6) is 0.109. The van der Waals surface area contributed by atoms with Gasteiger partial charge < -0.3 is 5.11 Å². The molecule has 0 aliphatic heterocycles. The van der Waals surface area contributed by atoms with Crippen LogP contribution in [0.2, 0.25) is 0 Å². The van der Waals surface area contributed by atoms with Gasteiger partial charge in [0, 0.05) is 22.3 Å². The fraction of sp³-hybridized carbons (Fsp3) is 0.214. The summed E-state index contributed by atoms with van der Waals surface area (Å²) < 4.78 is 1.05. The number of aliphatic hydroxyl groups excluding tert-OH is 1. The van der Waals surface area contributed by atoms with Crippen LogP contribution in [0.4, 0.5) is 0 Å². The molecule has 1 aromatic heterocycles. The lowest BCUT2D eigenvalue weighted by Crippen LogP contribution is -2.08. The molecule has 1 unspecified atom stereocenters. The van der Waals surface area contributed by atoms with E-state index in [1.807, 2.05) is 42.5 Å². The Bertz CT molecular complexity index is 455. The minimum Gasteiger partial charge on any atom is -0.396 e. The number of benzene rings is 1. The molecule has 3 heteroatoms. The summed E-state index contributed by atoms with van der Waals surface area (Å²) in [6.45, 7) is 0.137. The maximum absolute atomic E-state index is 9.47. The minimum absolute atomic E-state index is 0.109. The molecule has 2 aromatic rings. The van der Waals surface area contributed by atoms with Crippen molar-refractivity contribution in [1.29, 1.82) is 0 Å². The summed E-state index contributed by atoms with van der Waals surface area (Å²) in [6, 6.07) is 13.9. The third-order valence-corrected chi connectivity index (χ3v) is 3.27. The van der Waals surface area contributed by atoms with E-state index in [0.29, 0.717) is 0 Å². The quantitative estimate of drug-likeness (QED) is 0.939. The van der Waals surface area contributed by atoms with Crippen LogP contribution in [0.5, 0.6) is 0 Å². The summed E-state index contributed by atoms with van der Waals surface area (Å²) in [7, 11) is 0. The molecule has 1 N–H and O–H groups in total. The van der Waals surface area contributed by atoms with Gasteiger partial charge in [-0.1, -0.05) is 34.1 Å². The number of aromatic nitrogens is 1. The van der Waals surface area contributed by atoms with Gasteiger partial charge in [0.1, 0.15) is 0 Å². The Morgan fingerprint density at radius 2 is 1.88 bits per heavy atom. The van der Waals surface area contributed by atoms with E-state index in [9.17, 15) is 5.11 Å². The maximum atomic E-state index is 9.47. The lowest BCUT2D eigenvalue weighted by molar-refractivity contribution is 0.264. The lowest BCUT2D eigenvalue weighted by atomic mass is 9.95. The molecule has 17 heavy (non-hydrogen) atoms. The first-order chi connectivity index (χ1) is 8.29. The zero-order valence-electron chi connectivity index (χ0n) is 9.38. The molecule has 1 heterocycles. The Kier molecular flexibility index (Phi) is 4.29. The molecule has 0 saturated carbocycles. The highest BCUT2D eigenvalue weighted by Crippen LogP contribution is 2.21. The van der Waals surface area contributed by atoms with Crippen LogP contribution >= 0.6 is 15.9 Å². The van der Waals surface area contributed by atoms with Gasteiger partial charge in [0.2, 0.25) is 0 Å². The minimum atomic E-state index is 0.109. The Hall–Kier alpha value is -1.19. The summed E-state index contributed by atoms with van der Waals surface area (Å²) in [5, 5.41) is 9.47. The Morgan fingerprint density at radius 3 is 2.47 bits per heavy atom. The normalized spacial score (nSPS) is 12.4. The Morgan fingerprint density at radius 1 is 1.12 bits per heavy atom. The molecule has 0 radical (unpaired) electrons. The molecule has 88 valence electrons. The van der Waals surface area contributed by atoms with Gasteiger partial charge in [-0.25, -0.2) is 0 Å². The van der Waals surface area contributed by atoms with Gasteiger partial charge in [-0.2, -0.15) is 0 Å². The van der Waals surface area contributed by atoms with E-state index >= 15 is 0 Å². The van der Waals surface area contributed by atoms with Crippen LogP contribution in [0.25, 0.3) is 0 Å². The molecule has 0 spiro atoms. The topological polar surface area (TPSA) is 33.1 Å². The predicted molar refractivity (Wildman–Crippen MR) is 71.9 cm³/mol. The number of hydrogen-bond acceptors (Lipinski definition) is 2. The van der Waals surface area contributed by atoms with Gasteiger partial charge in [0.05, 0.1) is 6.61 Å². The van der Waals surface area contributed by atoms with Crippen molar-refractivity contribution in [2.45, 2.75) is 12.3 Å². The lowest BCUT2D eigenvalue weighted by Gasteiger charge is -2.14. The first-order valence-electron chi connectivity index (χ1n) is 5.56. The predicted octanol–water partition coefficient (Wildman–Crippen LogP) is 3.16. The Labute approximate surface area is 109 Å². The van der Waals surface area contributed by atoms with Crippen LogP contribution in [-0.2, 0) is 6.42 Å². The molecule has 1 aromatic carbocycles. The molecule has 2 nitrogen and oxygen atoms in total. The zero-order chi connectivity index (χ0) is 12.1. The van der Waals surface area contributed by atoms with Crippen LogP contribution in [0.3, 0.4) is 0 Å². The van der Waals surface area contributed by atoms with E-state index in [0.717, 1.165) is 22.2 Å². The number of halogens is 1. The molecule has 0 bridgehead atoms. The van der Waals surface area contributed by atoms with Gasteiger partial charge in [-0.05, 0) is 36.2 Å². The second-order valence-electron chi connectivity index (χ2n) is 3.96. The SMILES string of the molecule is OCC(Cc1ccccn1)c1ccc(Br)cc1. The molecular weight excluding hydrogens is 278 g/mol. The van der Waals surface area contributed by atoms with Crippen LogP contribution in [0.1, 0.15) is 17.2 Å². The standard InChI is InChI=1S/C14H14BrNO/c15-13-6-4-11(5-7-13)12(10-17)9-14-3-1-2-8-16-14/h1-8,12,17H,9-10H2. The van der Waals surface area contributed by atoms with Crippen molar-refractivity contribution in [2.24, 2.45) is 0 Å². The molecule has 0 aliphatic carbocycles. The fourth-order valence-corrected chi connectivity index (χ4v) is 2.06. The highest BCUT2D eigenvalue weighted by atomic mass is 79.9. The first-order valence-corrected chi connectivity index (χ1v) is 6.35. The summed E-state index contributed by atoms with van der Waals surface area (Å²) in [5.41, 5.74) is 2.15. The molecule has 0 saturated heterocycles. The van der Waals surface area contributed by atoms with Crippen LogP contribution in [-0.4, -0.2) is 16.7 Å². The van der Waals surface area contributed by atoms with Crippen molar-refractivity contribution < 1.29 is 5.11 Å². The summed E-state index contributed by atoms with van der Waals surface area (Å²) >= 11 is 3.41.